The Morgan fingerprint density at radius 2 is 2.15 bits per heavy atom. The van der Waals surface area contributed by atoms with Crippen LogP contribution in [-0.2, 0) is 11.8 Å². The minimum Gasteiger partial charge on any atom is -0.437 e. The van der Waals surface area contributed by atoms with Crippen LogP contribution in [-0.4, -0.2) is 32.8 Å². The van der Waals surface area contributed by atoms with Gasteiger partial charge in [0.25, 0.3) is 0 Å². The highest BCUT2D eigenvalue weighted by Crippen LogP contribution is 2.21. The number of aromatic nitrogens is 4. The first-order valence-electron chi connectivity index (χ1n) is 5.90. The van der Waals surface area contributed by atoms with Gasteiger partial charge in [0.05, 0.1) is 25.0 Å². The van der Waals surface area contributed by atoms with Crippen molar-refractivity contribution in [3.05, 3.63) is 36.8 Å². The Morgan fingerprint density at radius 1 is 1.30 bits per heavy atom. The molecular formula is C13H12N4O3. The maximum atomic E-state index is 11.1. The summed E-state index contributed by atoms with van der Waals surface area (Å²) in [7, 11) is 3.11. The second-order valence-corrected chi connectivity index (χ2v) is 4.22. The fraction of sp³-hybridized carbons (Fsp3) is 0.154. The highest BCUT2D eigenvalue weighted by atomic mass is 16.7. The van der Waals surface area contributed by atoms with E-state index in [-0.39, 0.29) is 0 Å². The Bertz CT molecular complexity index is 775. The number of ether oxygens (including phenoxy) is 2. The normalized spacial score (nSPS) is 10.7. The predicted molar refractivity (Wildman–Crippen MR) is 70.9 cm³/mol. The summed E-state index contributed by atoms with van der Waals surface area (Å²) >= 11 is 0. The number of methoxy groups -OCH3 is 1. The van der Waals surface area contributed by atoms with E-state index in [1.807, 2.05) is 19.4 Å². The Labute approximate surface area is 114 Å². The quantitative estimate of drug-likeness (QED) is 0.526. The zero-order chi connectivity index (χ0) is 14.1. The first kappa shape index (κ1) is 12.2. The lowest BCUT2D eigenvalue weighted by atomic mass is 10.2. The Morgan fingerprint density at radius 3 is 2.85 bits per heavy atom. The zero-order valence-corrected chi connectivity index (χ0v) is 11.0. The molecule has 20 heavy (non-hydrogen) atoms. The number of fused-ring (bicyclic) bond motifs is 1. The number of hydrogen-bond acceptors (Lipinski definition) is 5. The van der Waals surface area contributed by atoms with E-state index in [0.29, 0.717) is 5.75 Å². The van der Waals surface area contributed by atoms with Gasteiger partial charge in [-0.3, -0.25) is 4.68 Å². The fourth-order valence-electron chi connectivity index (χ4n) is 1.86. The highest BCUT2D eigenvalue weighted by molar-refractivity contribution is 5.81. The van der Waals surface area contributed by atoms with Crippen LogP contribution in [0.15, 0.2) is 36.8 Å². The molecular weight excluding hydrogens is 260 g/mol. The molecule has 2 aromatic heterocycles. The van der Waals surface area contributed by atoms with E-state index in [1.165, 1.54) is 7.11 Å². The maximum Gasteiger partial charge on any atom is 0.513 e. The van der Waals surface area contributed by atoms with Crippen molar-refractivity contribution in [2.24, 2.45) is 7.05 Å². The van der Waals surface area contributed by atoms with Gasteiger partial charge < -0.3 is 9.47 Å². The van der Waals surface area contributed by atoms with Crippen molar-refractivity contribution in [3.8, 4) is 11.4 Å². The molecule has 102 valence electrons. The van der Waals surface area contributed by atoms with Gasteiger partial charge in [-0.2, -0.15) is 10.2 Å². The summed E-state index contributed by atoms with van der Waals surface area (Å²) in [5.41, 5.74) is 1.66. The standard InChI is InChI=1S/C13H12N4O3/c1-16-8-10(6-14-16)17-7-9-5-11(20-13(18)19-2)3-4-12(9)15-17/h3-8H,1-2H3. The molecule has 0 aliphatic rings. The Kier molecular flexibility index (Phi) is 2.86. The summed E-state index contributed by atoms with van der Waals surface area (Å²) in [5.74, 6) is 0.412. The topological polar surface area (TPSA) is 71.2 Å². The first-order valence-corrected chi connectivity index (χ1v) is 5.90. The third-order valence-electron chi connectivity index (χ3n) is 2.80. The van der Waals surface area contributed by atoms with Crippen LogP contribution >= 0.6 is 0 Å². The number of aryl methyl sites for hydroxylation is 1. The van der Waals surface area contributed by atoms with Crippen LogP contribution in [0.1, 0.15) is 0 Å². The summed E-state index contributed by atoms with van der Waals surface area (Å²) < 4.78 is 12.9. The minimum absolute atomic E-state index is 0.412. The predicted octanol–water partition coefficient (Wildman–Crippen LogP) is 1.90. The molecule has 7 heteroatoms. The van der Waals surface area contributed by atoms with E-state index < -0.39 is 6.16 Å². The van der Waals surface area contributed by atoms with Crippen molar-refractivity contribution in [2.75, 3.05) is 7.11 Å². The van der Waals surface area contributed by atoms with Crippen LogP contribution in [0.5, 0.6) is 5.75 Å². The molecule has 0 atom stereocenters. The van der Waals surface area contributed by atoms with Crippen molar-refractivity contribution >= 4 is 17.1 Å². The lowest BCUT2D eigenvalue weighted by molar-refractivity contribution is 0.121. The zero-order valence-electron chi connectivity index (χ0n) is 11.0. The van der Waals surface area contributed by atoms with Gasteiger partial charge in [0.15, 0.2) is 0 Å². The van der Waals surface area contributed by atoms with Crippen LogP contribution in [0.2, 0.25) is 0 Å². The molecule has 0 aliphatic heterocycles. The van der Waals surface area contributed by atoms with Gasteiger partial charge in [0, 0.05) is 18.6 Å². The second kappa shape index (κ2) is 4.69. The van der Waals surface area contributed by atoms with Gasteiger partial charge in [-0.05, 0) is 18.2 Å². The van der Waals surface area contributed by atoms with Gasteiger partial charge in [-0.25, -0.2) is 9.48 Å². The molecule has 3 aromatic rings. The summed E-state index contributed by atoms with van der Waals surface area (Å²) in [5, 5.41) is 9.39. The number of hydrogen-bond donors (Lipinski definition) is 0. The third kappa shape index (κ3) is 2.20. The van der Waals surface area contributed by atoms with Gasteiger partial charge in [0.1, 0.15) is 11.4 Å². The fourth-order valence-corrected chi connectivity index (χ4v) is 1.86. The number of carbonyl (C=O) groups excluding carboxylic acids is 1. The van der Waals surface area contributed by atoms with Crippen LogP contribution < -0.4 is 4.74 Å². The van der Waals surface area contributed by atoms with Gasteiger partial charge in [-0.1, -0.05) is 0 Å². The molecule has 0 saturated carbocycles. The molecule has 2 heterocycles. The van der Waals surface area contributed by atoms with Crippen LogP contribution in [0.4, 0.5) is 4.79 Å². The molecule has 0 fully saturated rings. The van der Waals surface area contributed by atoms with Crippen molar-refractivity contribution in [3.63, 3.8) is 0 Å². The van der Waals surface area contributed by atoms with Crippen LogP contribution in [0.3, 0.4) is 0 Å². The van der Waals surface area contributed by atoms with E-state index in [4.69, 9.17) is 4.74 Å². The molecule has 0 spiro atoms. The van der Waals surface area contributed by atoms with E-state index in [2.05, 4.69) is 14.9 Å². The lowest BCUT2D eigenvalue weighted by Gasteiger charge is -2.01. The molecule has 0 aliphatic carbocycles. The van der Waals surface area contributed by atoms with E-state index in [9.17, 15) is 4.79 Å². The van der Waals surface area contributed by atoms with Crippen molar-refractivity contribution in [1.29, 1.82) is 0 Å². The van der Waals surface area contributed by atoms with Gasteiger partial charge in [-0.15, -0.1) is 0 Å². The average Bonchev–Trinajstić information content (AvgIpc) is 3.03. The number of nitrogens with zero attached hydrogens (tertiary/aromatic N) is 4. The number of benzene rings is 1. The summed E-state index contributed by atoms with van der Waals surface area (Å²) in [6.45, 7) is 0. The van der Waals surface area contributed by atoms with Crippen molar-refractivity contribution in [2.45, 2.75) is 0 Å². The maximum absolute atomic E-state index is 11.1. The molecule has 0 radical (unpaired) electrons. The molecule has 1 aromatic carbocycles. The summed E-state index contributed by atoms with van der Waals surface area (Å²) in [4.78, 5) is 11.1. The summed E-state index contributed by atoms with van der Waals surface area (Å²) in [6.07, 6.45) is 4.68. The lowest BCUT2D eigenvalue weighted by Crippen LogP contribution is -2.06. The first-order chi connectivity index (χ1) is 9.65. The minimum atomic E-state index is -0.746. The highest BCUT2D eigenvalue weighted by Gasteiger charge is 2.08. The van der Waals surface area contributed by atoms with Crippen molar-refractivity contribution in [1.82, 2.24) is 19.6 Å². The molecule has 0 amide bonds. The van der Waals surface area contributed by atoms with Crippen LogP contribution in [0, 0.1) is 0 Å². The molecule has 3 rings (SSSR count). The number of rotatable bonds is 2. The van der Waals surface area contributed by atoms with E-state index in [1.54, 1.807) is 33.8 Å². The average molecular weight is 272 g/mol. The van der Waals surface area contributed by atoms with Gasteiger partial charge >= 0.3 is 6.16 Å². The van der Waals surface area contributed by atoms with Gasteiger partial charge in [0.2, 0.25) is 0 Å². The smallest absolute Gasteiger partial charge is 0.437 e. The van der Waals surface area contributed by atoms with Crippen LogP contribution in [0.25, 0.3) is 16.6 Å². The number of carbonyl (C=O) groups is 1. The molecule has 0 unspecified atom stereocenters. The van der Waals surface area contributed by atoms with E-state index in [0.717, 1.165) is 16.6 Å². The van der Waals surface area contributed by atoms with Crippen molar-refractivity contribution < 1.29 is 14.3 Å². The molecule has 0 saturated heterocycles. The summed E-state index contributed by atoms with van der Waals surface area (Å²) in [6, 6.07) is 5.17. The van der Waals surface area contributed by atoms with E-state index >= 15 is 0 Å². The third-order valence-corrected chi connectivity index (χ3v) is 2.80. The molecule has 7 nitrogen and oxygen atoms in total. The monoisotopic (exact) mass is 272 g/mol. The molecule has 0 bridgehead atoms. The SMILES string of the molecule is COC(=O)Oc1ccc2nn(-c3cnn(C)c3)cc2c1. The Balaban J connectivity index is 1.97. The molecule has 0 N–H and O–H groups in total. The largest absolute Gasteiger partial charge is 0.513 e. The Hall–Kier alpha value is -2.83. The second-order valence-electron chi connectivity index (χ2n) is 4.22.